The van der Waals surface area contributed by atoms with Gasteiger partial charge >= 0.3 is 0 Å². The lowest BCUT2D eigenvalue weighted by Gasteiger charge is -2.20. The maximum absolute atomic E-state index is 12.2. The molecule has 0 bridgehead atoms. The van der Waals surface area contributed by atoms with Gasteiger partial charge in [-0.3, -0.25) is 4.79 Å². The number of rotatable bonds is 8. The standard InChI is InChI=1S/C22H36N4O2.HI/c1-6-23-22(25-19-11-12-26(14-19)21(27)17(4)5)24-13-18-7-9-20(10-8-18)28-15-16(2)3;/h7-10,16-17,19H,6,11-15H2,1-5H3,(H2,23,24,25);1H. The Labute approximate surface area is 192 Å². The predicted octanol–water partition coefficient (Wildman–Crippen LogP) is 3.65. The number of carbonyl (C=O) groups excluding carboxylic acids is 1. The molecule has 1 atom stereocenters. The van der Waals surface area contributed by atoms with E-state index < -0.39 is 0 Å². The van der Waals surface area contributed by atoms with Crippen molar-refractivity contribution in [2.75, 3.05) is 26.2 Å². The summed E-state index contributed by atoms with van der Waals surface area (Å²) >= 11 is 0. The molecule has 2 rings (SSSR count). The van der Waals surface area contributed by atoms with E-state index in [0.717, 1.165) is 49.9 Å². The van der Waals surface area contributed by atoms with Crippen LogP contribution in [-0.2, 0) is 11.3 Å². The molecule has 1 aromatic rings. The Morgan fingerprint density at radius 1 is 1.24 bits per heavy atom. The van der Waals surface area contributed by atoms with Crippen molar-refractivity contribution in [3.8, 4) is 5.75 Å². The topological polar surface area (TPSA) is 66.0 Å². The minimum absolute atomic E-state index is 0. The van der Waals surface area contributed by atoms with Gasteiger partial charge in [-0.05, 0) is 37.0 Å². The van der Waals surface area contributed by atoms with E-state index in [-0.39, 0.29) is 41.8 Å². The molecular formula is C22H37IN4O2. The molecule has 6 nitrogen and oxygen atoms in total. The molecule has 0 aliphatic carbocycles. The third-order valence-corrected chi connectivity index (χ3v) is 4.61. The van der Waals surface area contributed by atoms with Gasteiger partial charge in [0.15, 0.2) is 5.96 Å². The minimum atomic E-state index is 0. The smallest absolute Gasteiger partial charge is 0.225 e. The largest absolute Gasteiger partial charge is 0.493 e. The zero-order valence-electron chi connectivity index (χ0n) is 18.4. The van der Waals surface area contributed by atoms with Gasteiger partial charge in [0.05, 0.1) is 13.2 Å². The Morgan fingerprint density at radius 3 is 2.52 bits per heavy atom. The molecule has 1 unspecified atom stereocenters. The molecule has 1 amide bonds. The molecule has 1 saturated heterocycles. The van der Waals surface area contributed by atoms with E-state index in [0.29, 0.717) is 12.5 Å². The normalized spacial score (nSPS) is 16.7. The maximum Gasteiger partial charge on any atom is 0.225 e. The van der Waals surface area contributed by atoms with E-state index >= 15 is 0 Å². The van der Waals surface area contributed by atoms with Crippen molar-refractivity contribution in [3.05, 3.63) is 29.8 Å². The molecular weight excluding hydrogens is 479 g/mol. The quantitative estimate of drug-likeness (QED) is 0.315. The second-order valence-corrected chi connectivity index (χ2v) is 8.11. The predicted molar refractivity (Wildman–Crippen MR) is 130 cm³/mol. The minimum Gasteiger partial charge on any atom is -0.493 e. The van der Waals surface area contributed by atoms with Gasteiger partial charge < -0.3 is 20.3 Å². The number of nitrogens with one attached hydrogen (secondary N) is 2. The van der Waals surface area contributed by atoms with Gasteiger partial charge in [0.2, 0.25) is 5.91 Å². The first-order valence-corrected chi connectivity index (χ1v) is 10.4. The summed E-state index contributed by atoms with van der Waals surface area (Å²) in [5.41, 5.74) is 1.14. The summed E-state index contributed by atoms with van der Waals surface area (Å²) in [6.07, 6.45) is 0.949. The highest BCUT2D eigenvalue weighted by Gasteiger charge is 2.27. The van der Waals surface area contributed by atoms with Crippen LogP contribution in [0.1, 0.15) is 46.6 Å². The number of halogens is 1. The van der Waals surface area contributed by atoms with Gasteiger partial charge in [-0.25, -0.2) is 4.99 Å². The molecule has 0 radical (unpaired) electrons. The Morgan fingerprint density at radius 2 is 1.93 bits per heavy atom. The summed E-state index contributed by atoms with van der Waals surface area (Å²) in [6.45, 7) is 13.9. The van der Waals surface area contributed by atoms with Crippen LogP contribution in [0.5, 0.6) is 5.75 Å². The molecule has 0 saturated carbocycles. The van der Waals surface area contributed by atoms with Crippen LogP contribution >= 0.6 is 24.0 Å². The third-order valence-electron chi connectivity index (χ3n) is 4.61. The lowest BCUT2D eigenvalue weighted by atomic mass is 10.2. The van der Waals surface area contributed by atoms with Crippen LogP contribution in [-0.4, -0.2) is 49.0 Å². The fourth-order valence-corrected chi connectivity index (χ4v) is 3.08. The highest BCUT2D eigenvalue weighted by atomic mass is 127. The summed E-state index contributed by atoms with van der Waals surface area (Å²) in [7, 11) is 0. The zero-order chi connectivity index (χ0) is 20.5. The molecule has 164 valence electrons. The van der Waals surface area contributed by atoms with Crippen LogP contribution in [0.15, 0.2) is 29.3 Å². The fraction of sp³-hybridized carbons (Fsp3) is 0.636. The van der Waals surface area contributed by atoms with Gasteiger partial charge in [-0.2, -0.15) is 0 Å². The van der Waals surface area contributed by atoms with Gasteiger partial charge in [-0.15, -0.1) is 24.0 Å². The Kier molecular flexibility index (Phi) is 11.4. The van der Waals surface area contributed by atoms with Gasteiger partial charge in [0.1, 0.15) is 5.75 Å². The van der Waals surface area contributed by atoms with Crippen molar-refractivity contribution in [1.29, 1.82) is 0 Å². The van der Waals surface area contributed by atoms with Crippen molar-refractivity contribution in [2.45, 2.75) is 53.6 Å². The molecule has 1 aliphatic heterocycles. The number of carbonyl (C=O) groups is 1. The number of likely N-dealkylation sites (tertiary alicyclic amines) is 1. The number of hydrogen-bond acceptors (Lipinski definition) is 3. The number of nitrogens with zero attached hydrogens (tertiary/aromatic N) is 2. The lowest BCUT2D eigenvalue weighted by Crippen LogP contribution is -2.45. The molecule has 0 aromatic heterocycles. The van der Waals surface area contributed by atoms with Crippen LogP contribution in [0.3, 0.4) is 0 Å². The van der Waals surface area contributed by atoms with Gasteiger partial charge in [0.25, 0.3) is 0 Å². The molecule has 29 heavy (non-hydrogen) atoms. The zero-order valence-corrected chi connectivity index (χ0v) is 20.7. The van der Waals surface area contributed by atoms with Gasteiger partial charge in [-0.1, -0.05) is 39.8 Å². The average Bonchev–Trinajstić information content (AvgIpc) is 3.13. The number of benzene rings is 1. The summed E-state index contributed by atoms with van der Waals surface area (Å²) in [5, 5.41) is 6.78. The van der Waals surface area contributed by atoms with Crippen molar-refractivity contribution in [2.24, 2.45) is 16.8 Å². The molecule has 2 N–H and O–H groups in total. The van der Waals surface area contributed by atoms with E-state index in [4.69, 9.17) is 9.73 Å². The highest BCUT2D eigenvalue weighted by molar-refractivity contribution is 14.0. The van der Waals surface area contributed by atoms with E-state index in [1.54, 1.807) is 0 Å². The molecule has 7 heteroatoms. The number of ether oxygens (including phenoxy) is 1. The number of guanidine groups is 1. The second-order valence-electron chi connectivity index (χ2n) is 8.11. The molecule has 1 heterocycles. The molecule has 1 fully saturated rings. The Balaban J connectivity index is 0.00000420. The fourth-order valence-electron chi connectivity index (χ4n) is 3.08. The Hall–Kier alpha value is -1.51. The van der Waals surface area contributed by atoms with E-state index in [1.807, 2.05) is 30.9 Å². The van der Waals surface area contributed by atoms with Gasteiger partial charge in [0, 0.05) is 31.6 Å². The first-order chi connectivity index (χ1) is 13.4. The van der Waals surface area contributed by atoms with Crippen molar-refractivity contribution in [1.82, 2.24) is 15.5 Å². The van der Waals surface area contributed by atoms with E-state index in [9.17, 15) is 4.79 Å². The Bertz CT molecular complexity index is 647. The molecule has 1 aliphatic rings. The number of aliphatic imine (C=N–C) groups is 1. The van der Waals surface area contributed by atoms with Crippen LogP contribution in [0.2, 0.25) is 0 Å². The van der Waals surface area contributed by atoms with Crippen LogP contribution < -0.4 is 15.4 Å². The van der Waals surface area contributed by atoms with E-state index in [2.05, 4.69) is 43.5 Å². The monoisotopic (exact) mass is 516 g/mol. The van der Waals surface area contributed by atoms with Crippen LogP contribution in [0.4, 0.5) is 0 Å². The summed E-state index contributed by atoms with van der Waals surface area (Å²) < 4.78 is 5.73. The van der Waals surface area contributed by atoms with Crippen LogP contribution in [0, 0.1) is 11.8 Å². The first kappa shape index (κ1) is 25.5. The van der Waals surface area contributed by atoms with E-state index in [1.165, 1.54) is 0 Å². The van der Waals surface area contributed by atoms with Crippen molar-refractivity contribution >= 4 is 35.8 Å². The second kappa shape index (κ2) is 12.9. The third kappa shape index (κ3) is 8.80. The summed E-state index contributed by atoms with van der Waals surface area (Å²) in [4.78, 5) is 18.8. The maximum atomic E-state index is 12.2. The number of hydrogen-bond donors (Lipinski definition) is 2. The lowest BCUT2D eigenvalue weighted by molar-refractivity contribution is -0.133. The summed E-state index contributed by atoms with van der Waals surface area (Å²) in [6, 6.07) is 8.36. The summed E-state index contributed by atoms with van der Waals surface area (Å²) in [5.74, 6) is 2.48. The molecule has 0 spiro atoms. The average molecular weight is 516 g/mol. The first-order valence-electron chi connectivity index (χ1n) is 10.4. The van der Waals surface area contributed by atoms with Crippen LogP contribution in [0.25, 0.3) is 0 Å². The molecule has 1 aromatic carbocycles. The highest BCUT2D eigenvalue weighted by Crippen LogP contribution is 2.15. The van der Waals surface area contributed by atoms with Crippen molar-refractivity contribution < 1.29 is 9.53 Å². The number of amides is 1. The van der Waals surface area contributed by atoms with Crippen molar-refractivity contribution in [3.63, 3.8) is 0 Å². The SMILES string of the molecule is CCNC(=NCc1ccc(OCC(C)C)cc1)NC1CCN(C(=O)C(C)C)C1.I.